The number of nitrogens with one attached hydrogen (secondary N) is 1. The minimum atomic E-state index is 0.667. The lowest BCUT2D eigenvalue weighted by atomic mass is 10.3. The summed E-state index contributed by atoms with van der Waals surface area (Å²) in [4.78, 5) is 12.6. The summed E-state index contributed by atoms with van der Waals surface area (Å²) in [7, 11) is 1.83. The Labute approximate surface area is 109 Å². The fourth-order valence-electron chi connectivity index (χ4n) is 1.23. The van der Waals surface area contributed by atoms with Gasteiger partial charge in [0.1, 0.15) is 10.8 Å². The van der Waals surface area contributed by atoms with Crippen molar-refractivity contribution in [2.75, 3.05) is 12.4 Å². The average Bonchev–Trinajstić information content (AvgIpc) is 2.39. The van der Waals surface area contributed by atoms with Gasteiger partial charge in [0, 0.05) is 25.2 Å². The van der Waals surface area contributed by atoms with Crippen molar-refractivity contribution in [3.05, 3.63) is 41.4 Å². The second-order valence-corrected chi connectivity index (χ2v) is 4.61. The normalized spacial score (nSPS) is 10.2. The van der Waals surface area contributed by atoms with Crippen molar-refractivity contribution in [2.45, 2.75) is 10.8 Å². The molecule has 0 amide bonds. The molecule has 4 nitrogen and oxygen atoms in total. The summed E-state index contributed by atoms with van der Waals surface area (Å²) in [6, 6.07) is 3.69. The minimum Gasteiger partial charge on any atom is -0.373 e. The van der Waals surface area contributed by atoms with Gasteiger partial charge in [-0.15, -0.1) is 0 Å². The maximum Gasteiger partial charge on any atom is 0.126 e. The number of hydrogen-bond acceptors (Lipinski definition) is 5. The number of halogens is 1. The Bertz CT molecular complexity index is 492. The molecule has 2 aromatic heterocycles. The van der Waals surface area contributed by atoms with Crippen LogP contribution in [0.1, 0.15) is 5.69 Å². The molecule has 0 aliphatic heterocycles. The highest BCUT2D eigenvalue weighted by molar-refractivity contribution is 7.98. The first-order valence-corrected chi connectivity index (χ1v) is 6.38. The molecule has 1 N–H and O–H groups in total. The van der Waals surface area contributed by atoms with Crippen LogP contribution in [0.4, 0.5) is 5.82 Å². The van der Waals surface area contributed by atoms with Crippen LogP contribution in [0.25, 0.3) is 0 Å². The third-order valence-electron chi connectivity index (χ3n) is 2.07. The number of thioether (sulfide) groups is 1. The van der Waals surface area contributed by atoms with Crippen LogP contribution in [0.15, 0.2) is 35.7 Å². The van der Waals surface area contributed by atoms with Gasteiger partial charge >= 0.3 is 0 Å². The lowest BCUT2D eigenvalue weighted by molar-refractivity contribution is 1.05. The predicted octanol–water partition coefficient (Wildman–Crippen LogP) is 2.86. The highest BCUT2D eigenvalue weighted by atomic mass is 35.5. The van der Waals surface area contributed by atoms with Gasteiger partial charge in [0.25, 0.3) is 0 Å². The smallest absolute Gasteiger partial charge is 0.126 e. The Hall–Kier alpha value is -1.33. The van der Waals surface area contributed by atoms with Gasteiger partial charge in [0.15, 0.2) is 0 Å². The molecule has 0 aliphatic carbocycles. The molecular weight excluding hydrogens is 256 g/mol. The van der Waals surface area contributed by atoms with Crippen LogP contribution >= 0.6 is 23.4 Å². The maximum atomic E-state index is 6.08. The molecule has 2 heterocycles. The van der Waals surface area contributed by atoms with E-state index < -0.39 is 0 Å². The molecule has 0 atom stereocenters. The van der Waals surface area contributed by atoms with Crippen molar-refractivity contribution in [3.8, 4) is 0 Å². The third-order valence-corrected chi connectivity index (χ3v) is 3.34. The number of rotatable bonds is 4. The van der Waals surface area contributed by atoms with E-state index in [1.165, 1.54) is 0 Å². The van der Waals surface area contributed by atoms with Crippen molar-refractivity contribution in [1.82, 2.24) is 15.0 Å². The molecule has 0 saturated heterocycles. The predicted molar refractivity (Wildman–Crippen MR) is 70.4 cm³/mol. The van der Waals surface area contributed by atoms with E-state index in [0.29, 0.717) is 10.8 Å². The summed E-state index contributed by atoms with van der Waals surface area (Å²) in [6.45, 7) is 0. The molecule has 0 aromatic carbocycles. The molecule has 0 fully saturated rings. The Balaban J connectivity index is 2.08. The molecule has 2 aromatic rings. The standard InChI is InChI=1S/C11H11ClN4S/c1-13-10-3-2-8(12)9(16-10)7-17-11-6-14-4-5-15-11/h2-6H,7H2,1H3,(H,13,16). The van der Waals surface area contributed by atoms with Crippen molar-refractivity contribution in [1.29, 1.82) is 0 Å². The van der Waals surface area contributed by atoms with Gasteiger partial charge in [0.2, 0.25) is 0 Å². The largest absolute Gasteiger partial charge is 0.373 e. The van der Waals surface area contributed by atoms with Crippen molar-refractivity contribution in [2.24, 2.45) is 0 Å². The second-order valence-electron chi connectivity index (χ2n) is 3.21. The molecule has 0 unspecified atom stereocenters. The van der Waals surface area contributed by atoms with Crippen LogP contribution in [0, 0.1) is 0 Å². The summed E-state index contributed by atoms with van der Waals surface area (Å²) < 4.78 is 0. The van der Waals surface area contributed by atoms with E-state index in [2.05, 4.69) is 20.3 Å². The summed E-state index contributed by atoms with van der Waals surface area (Å²) in [5, 5.41) is 4.51. The van der Waals surface area contributed by atoms with E-state index in [9.17, 15) is 0 Å². The summed E-state index contributed by atoms with van der Waals surface area (Å²) in [5.74, 6) is 1.48. The molecule has 0 spiro atoms. The fraction of sp³-hybridized carbons (Fsp3) is 0.182. The lowest BCUT2D eigenvalue weighted by Gasteiger charge is -2.05. The SMILES string of the molecule is CNc1ccc(Cl)c(CSc2cnccn2)n1. The maximum absolute atomic E-state index is 6.08. The molecule has 0 radical (unpaired) electrons. The van der Waals surface area contributed by atoms with Crippen LogP contribution in [0.2, 0.25) is 5.02 Å². The number of anilines is 1. The van der Waals surface area contributed by atoms with E-state index in [1.807, 2.05) is 19.2 Å². The van der Waals surface area contributed by atoms with Crippen LogP contribution in [0.3, 0.4) is 0 Å². The molecule has 0 saturated carbocycles. The summed E-state index contributed by atoms with van der Waals surface area (Å²) >= 11 is 7.64. The van der Waals surface area contributed by atoms with Crippen molar-refractivity contribution in [3.63, 3.8) is 0 Å². The van der Waals surface area contributed by atoms with Gasteiger partial charge in [-0.2, -0.15) is 0 Å². The van der Waals surface area contributed by atoms with Gasteiger partial charge in [-0.05, 0) is 12.1 Å². The quantitative estimate of drug-likeness (QED) is 0.863. The number of nitrogens with zero attached hydrogens (tertiary/aromatic N) is 3. The average molecular weight is 267 g/mol. The van der Waals surface area contributed by atoms with Gasteiger partial charge in [-0.3, -0.25) is 4.98 Å². The minimum absolute atomic E-state index is 0.667. The highest BCUT2D eigenvalue weighted by Crippen LogP contribution is 2.24. The zero-order chi connectivity index (χ0) is 12.1. The van der Waals surface area contributed by atoms with Gasteiger partial charge in [-0.25, -0.2) is 9.97 Å². The Morgan fingerprint density at radius 1 is 1.35 bits per heavy atom. The van der Waals surface area contributed by atoms with Crippen molar-refractivity contribution < 1.29 is 0 Å². The van der Waals surface area contributed by atoms with Gasteiger partial charge in [0.05, 0.1) is 16.9 Å². The molecule has 17 heavy (non-hydrogen) atoms. The second kappa shape index (κ2) is 5.84. The molecular formula is C11H11ClN4S. The first kappa shape index (κ1) is 12.1. The summed E-state index contributed by atoms with van der Waals surface area (Å²) in [6.07, 6.45) is 5.04. The Kier molecular flexibility index (Phi) is 4.17. The van der Waals surface area contributed by atoms with Gasteiger partial charge < -0.3 is 5.32 Å². The van der Waals surface area contributed by atoms with Crippen LogP contribution in [0.5, 0.6) is 0 Å². The Morgan fingerprint density at radius 3 is 2.94 bits per heavy atom. The third kappa shape index (κ3) is 3.31. The molecule has 2 rings (SSSR count). The van der Waals surface area contributed by atoms with E-state index in [-0.39, 0.29) is 0 Å². The van der Waals surface area contributed by atoms with Crippen LogP contribution in [-0.2, 0) is 5.75 Å². The first-order valence-electron chi connectivity index (χ1n) is 5.01. The number of hydrogen-bond donors (Lipinski definition) is 1. The summed E-state index contributed by atoms with van der Waals surface area (Å²) in [5.41, 5.74) is 0.842. The van der Waals surface area contributed by atoms with Crippen LogP contribution < -0.4 is 5.32 Å². The van der Waals surface area contributed by atoms with E-state index >= 15 is 0 Å². The number of aromatic nitrogens is 3. The topological polar surface area (TPSA) is 50.7 Å². The number of pyridine rings is 1. The van der Waals surface area contributed by atoms with Gasteiger partial charge in [-0.1, -0.05) is 23.4 Å². The zero-order valence-corrected chi connectivity index (χ0v) is 10.8. The zero-order valence-electron chi connectivity index (χ0n) is 9.22. The first-order chi connectivity index (χ1) is 8.29. The molecule has 88 valence electrons. The van der Waals surface area contributed by atoms with Crippen LogP contribution in [-0.4, -0.2) is 22.0 Å². The van der Waals surface area contributed by atoms with E-state index in [1.54, 1.807) is 30.4 Å². The molecule has 6 heteroatoms. The monoisotopic (exact) mass is 266 g/mol. The van der Waals surface area contributed by atoms with Crippen molar-refractivity contribution >= 4 is 29.2 Å². The molecule has 0 bridgehead atoms. The van der Waals surface area contributed by atoms with E-state index in [0.717, 1.165) is 16.5 Å². The fourth-order valence-corrected chi connectivity index (χ4v) is 2.25. The van der Waals surface area contributed by atoms with E-state index in [4.69, 9.17) is 11.6 Å². The lowest BCUT2D eigenvalue weighted by Crippen LogP contribution is -1.96. The Morgan fingerprint density at radius 2 is 2.24 bits per heavy atom. The highest BCUT2D eigenvalue weighted by Gasteiger charge is 2.05. The molecule has 0 aliphatic rings.